The van der Waals surface area contributed by atoms with Crippen LogP contribution in [-0.4, -0.2) is 7.85 Å². The van der Waals surface area contributed by atoms with E-state index in [-0.39, 0.29) is 0 Å². The smallest absolute Gasteiger partial charge is 0.129 e. The molecule has 4 heteroatoms. The van der Waals surface area contributed by atoms with Gasteiger partial charge in [0.2, 0.25) is 0 Å². The Morgan fingerprint density at radius 1 is 1.50 bits per heavy atom. The molecule has 1 rings (SSSR count). The van der Waals surface area contributed by atoms with Crippen molar-refractivity contribution in [2.24, 2.45) is 5.18 Å². The van der Waals surface area contributed by atoms with Gasteiger partial charge in [0.05, 0.1) is 6.20 Å². The highest BCUT2D eigenvalue weighted by molar-refractivity contribution is 6.32. The molecule has 0 saturated carbocycles. The van der Waals surface area contributed by atoms with Gasteiger partial charge in [0.15, 0.2) is 0 Å². The van der Waals surface area contributed by atoms with Gasteiger partial charge in [-0.2, -0.15) is 0 Å². The Kier molecular flexibility index (Phi) is 2.74. The molecule has 12 heavy (non-hydrogen) atoms. The third-order valence-electron chi connectivity index (χ3n) is 1.34. The van der Waals surface area contributed by atoms with Gasteiger partial charge in [-0.15, -0.1) is 4.91 Å². The van der Waals surface area contributed by atoms with Gasteiger partial charge in [0, 0.05) is 5.56 Å². The minimum atomic E-state index is -0.463. The summed E-state index contributed by atoms with van der Waals surface area (Å²) in [6.07, 6.45) is 2.26. The molecular weight excluding hydrogens is 156 g/mol. The summed E-state index contributed by atoms with van der Waals surface area (Å²) in [5, 5.41) is 2.47. The first kappa shape index (κ1) is 8.65. The Hall–Kier alpha value is -1.45. The Balaban J connectivity index is 3.01. The number of nitroso groups, excluding NO2 is 1. The first-order chi connectivity index (χ1) is 5.74. The maximum atomic E-state index is 12.9. The fraction of sp³-hybridized carbons (Fsp3) is 0. The predicted molar refractivity (Wildman–Crippen MR) is 46.6 cm³/mol. The van der Waals surface area contributed by atoms with Gasteiger partial charge in [0.25, 0.3) is 0 Å². The van der Waals surface area contributed by atoms with E-state index in [1.165, 1.54) is 18.2 Å². The number of hydrogen-bond acceptors (Lipinski definition) is 2. The SMILES string of the molecule is [B]c1ccc(/C=C/N=O)c(F)c1. The minimum absolute atomic E-state index is 0.295. The van der Waals surface area contributed by atoms with E-state index in [1.54, 1.807) is 6.07 Å². The third kappa shape index (κ3) is 2.02. The number of rotatable bonds is 2. The molecule has 2 radical (unpaired) electrons. The van der Waals surface area contributed by atoms with E-state index in [1.807, 2.05) is 0 Å². The monoisotopic (exact) mass is 161 g/mol. The molecule has 0 aliphatic heterocycles. The van der Waals surface area contributed by atoms with Crippen molar-refractivity contribution >= 4 is 19.4 Å². The number of hydrogen-bond donors (Lipinski definition) is 0. The molecule has 0 fully saturated rings. The van der Waals surface area contributed by atoms with Gasteiger partial charge >= 0.3 is 0 Å². The highest BCUT2D eigenvalue weighted by atomic mass is 19.1. The Morgan fingerprint density at radius 2 is 2.25 bits per heavy atom. The average molecular weight is 161 g/mol. The van der Waals surface area contributed by atoms with E-state index in [9.17, 15) is 9.30 Å². The molecule has 1 aromatic rings. The lowest BCUT2D eigenvalue weighted by atomic mass is 9.95. The molecule has 0 spiro atoms. The summed E-state index contributed by atoms with van der Waals surface area (Å²) >= 11 is 0. The van der Waals surface area contributed by atoms with E-state index in [0.29, 0.717) is 11.0 Å². The van der Waals surface area contributed by atoms with Crippen LogP contribution in [0.3, 0.4) is 0 Å². The van der Waals surface area contributed by atoms with Crippen LogP contribution in [0, 0.1) is 10.7 Å². The van der Waals surface area contributed by atoms with E-state index in [0.717, 1.165) is 6.20 Å². The van der Waals surface area contributed by atoms with Crippen molar-refractivity contribution in [1.29, 1.82) is 0 Å². The van der Waals surface area contributed by atoms with Gasteiger partial charge in [-0.05, 0) is 17.3 Å². The molecule has 0 aromatic heterocycles. The van der Waals surface area contributed by atoms with Crippen LogP contribution in [0.5, 0.6) is 0 Å². The Morgan fingerprint density at radius 3 is 2.83 bits per heavy atom. The van der Waals surface area contributed by atoms with Crippen LogP contribution in [0.15, 0.2) is 29.6 Å². The van der Waals surface area contributed by atoms with Crippen LogP contribution in [0.4, 0.5) is 4.39 Å². The molecule has 0 saturated heterocycles. The molecule has 0 heterocycles. The fourth-order valence-electron chi connectivity index (χ4n) is 0.789. The van der Waals surface area contributed by atoms with E-state index >= 15 is 0 Å². The van der Waals surface area contributed by atoms with Crippen LogP contribution in [-0.2, 0) is 0 Å². The van der Waals surface area contributed by atoms with Gasteiger partial charge in [0.1, 0.15) is 13.7 Å². The highest BCUT2D eigenvalue weighted by Crippen LogP contribution is 2.06. The molecule has 0 aliphatic rings. The molecule has 0 N–H and O–H groups in total. The zero-order chi connectivity index (χ0) is 8.97. The molecule has 2 nitrogen and oxygen atoms in total. The summed E-state index contributed by atoms with van der Waals surface area (Å²) in [6.45, 7) is 0. The summed E-state index contributed by atoms with van der Waals surface area (Å²) in [5.41, 5.74) is 0.646. The topological polar surface area (TPSA) is 29.4 Å². The predicted octanol–water partition coefficient (Wildman–Crippen LogP) is 1.36. The molecular formula is C8H5BFNO. The Labute approximate surface area is 70.5 Å². The number of benzene rings is 1. The highest BCUT2D eigenvalue weighted by Gasteiger charge is 1.96. The summed E-state index contributed by atoms with van der Waals surface area (Å²) in [4.78, 5) is 9.67. The van der Waals surface area contributed by atoms with Gasteiger partial charge < -0.3 is 0 Å². The number of halogens is 1. The molecule has 58 valence electrons. The molecule has 0 aliphatic carbocycles. The van der Waals surface area contributed by atoms with Crippen molar-refractivity contribution in [3.05, 3.63) is 40.7 Å². The molecule has 1 aromatic carbocycles. The van der Waals surface area contributed by atoms with E-state index < -0.39 is 5.82 Å². The van der Waals surface area contributed by atoms with Gasteiger partial charge in [-0.3, -0.25) is 0 Å². The Bertz CT molecular complexity index is 325. The van der Waals surface area contributed by atoms with Crippen LogP contribution in [0.2, 0.25) is 0 Å². The normalized spacial score (nSPS) is 10.4. The maximum Gasteiger partial charge on any atom is 0.129 e. The number of nitrogens with zero attached hydrogens (tertiary/aromatic N) is 1. The van der Waals surface area contributed by atoms with Crippen LogP contribution < -0.4 is 5.46 Å². The van der Waals surface area contributed by atoms with Crippen molar-refractivity contribution < 1.29 is 4.39 Å². The molecule has 0 bridgehead atoms. The molecule has 0 atom stereocenters. The fourth-order valence-corrected chi connectivity index (χ4v) is 0.789. The molecule has 0 amide bonds. The average Bonchev–Trinajstić information content (AvgIpc) is 2.03. The first-order valence-corrected chi connectivity index (χ1v) is 3.28. The maximum absolute atomic E-state index is 12.9. The van der Waals surface area contributed by atoms with Crippen molar-refractivity contribution in [3.8, 4) is 0 Å². The summed E-state index contributed by atoms with van der Waals surface area (Å²) in [7, 11) is 5.31. The van der Waals surface area contributed by atoms with E-state index in [2.05, 4.69) is 5.18 Å². The lowest BCUT2D eigenvalue weighted by Crippen LogP contribution is -2.02. The third-order valence-corrected chi connectivity index (χ3v) is 1.34. The second-order valence-corrected chi connectivity index (χ2v) is 2.20. The van der Waals surface area contributed by atoms with Gasteiger partial charge in [-0.25, -0.2) is 4.39 Å². The summed E-state index contributed by atoms with van der Waals surface area (Å²) < 4.78 is 12.9. The van der Waals surface area contributed by atoms with Crippen LogP contribution in [0.1, 0.15) is 5.56 Å². The lowest BCUT2D eigenvalue weighted by Gasteiger charge is -1.96. The second-order valence-electron chi connectivity index (χ2n) is 2.20. The summed E-state index contributed by atoms with van der Waals surface area (Å²) in [5.74, 6) is -0.463. The zero-order valence-corrected chi connectivity index (χ0v) is 6.20. The van der Waals surface area contributed by atoms with Crippen molar-refractivity contribution in [1.82, 2.24) is 0 Å². The lowest BCUT2D eigenvalue weighted by molar-refractivity contribution is 0.626. The van der Waals surface area contributed by atoms with Crippen LogP contribution in [0.25, 0.3) is 6.08 Å². The van der Waals surface area contributed by atoms with Crippen molar-refractivity contribution in [3.63, 3.8) is 0 Å². The first-order valence-electron chi connectivity index (χ1n) is 3.28. The molecule has 0 unspecified atom stereocenters. The summed E-state index contributed by atoms with van der Waals surface area (Å²) in [6, 6.07) is 4.21. The van der Waals surface area contributed by atoms with Crippen molar-refractivity contribution in [2.45, 2.75) is 0 Å². The van der Waals surface area contributed by atoms with E-state index in [4.69, 9.17) is 7.85 Å². The second kappa shape index (κ2) is 3.81. The van der Waals surface area contributed by atoms with Gasteiger partial charge in [-0.1, -0.05) is 17.6 Å². The minimum Gasteiger partial charge on any atom is -0.206 e. The standard InChI is InChI=1S/C8H5BFNO/c9-7-2-1-6(3-4-11-12)8(10)5-7/h1-5H/b4-3+. The quantitative estimate of drug-likeness (QED) is 0.475. The van der Waals surface area contributed by atoms with Crippen LogP contribution >= 0.6 is 0 Å². The van der Waals surface area contributed by atoms with Crippen molar-refractivity contribution in [2.75, 3.05) is 0 Å². The largest absolute Gasteiger partial charge is 0.206 e. The zero-order valence-electron chi connectivity index (χ0n) is 6.20.